The van der Waals surface area contributed by atoms with Crippen molar-refractivity contribution in [2.75, 3.05) is 19.5 Å². The predicted molar refractivity (Wildman–Crippen MR) is 99.8 cm³/mol. The Balaban J connectivity index is 1.89. The Morgan fingerprint density at radius 2 is 2.15 bits per heavy atom. The fourth-order valence-electron chi connectivity index (χ4n) is 2.30. The second-order valence-corrected chi connectivity index (χ2v) is 6.27. The lowest BCUT2D eigenvalue weighted by Gasteiger charge is -2.10. The minimum absolute atomic E-state index is 0.102. The Bertz CT molecular complexity index is 1050. The number of halogens is 1. The molecule has 9 heteroatoms. The fourth-order valence-corrected chi connectivity index (χ4v) is 3.30. The molecular formula is C17H13ClN4O3S. The third-order valence-electron chi connectivity index (χ3n) is 3.54. The van der Waals surface area contributed by atoms with Gasteiger partial charge in [-0.3, -0.25) is 9.20 Å². The summed E-state index contributed by atoms with van der Waals surface area (Å²) < 4.78 is 12.1. The van der Waals surface area contributed by atoms with E-state index < -0.39 is 5.91 Å². The average Bonchev–Trinajstić information content (AvgIpc) is 3.20. The predicted octanol–water partition coefficient (Wildman–Crippen LogP) is 3.61. The number of thiazole rings is 1. The molecule has 0 atom stereocenters. The highest BCUT2D eigenvalue weighted by atomic mass is 35.5. The van der Waals surface area contributed by atoms with Crippen molar-refractivity contribution in [3.63, 3.8) is 0 Å². The van der Waals surface area contributed by atoms with E-state index in [9.17, 15) is 10.1 Å². The normalized spacial score (nSPS) is 11.2. The summed E-state index contributed by atoms with van der Waals surface area (Å²) in [6, 6.07) is 6.81. The number of rotatable bonds is 5. The summed E-state index contributed by atoms with van der Waals surface area (Å²) in [4.78, 5) is 17.3. The Morgan fingerprint density at radius 3 is 2.85 bits per heavy atom. The topological polar surface area (TPSA) is 88.6 Å². The Kier molecular flexibility index (Phi) is 5.11. The molecule has 0 saturated carbocycles. The van der Waals surface area contributed by atoms with E-state index in [0.717, 1.165) is 0 Å². The van der Waals surface area contributed by atoms with Gasteiger partial charge < -0.3 is 14.8 Å². The summed E-state index contributed by atoms with van der Waals surface area (Å²) >= 11 is 7.51. The van der Waals surface area contributed by atoms with E-state index in [1.807, 2.05) is 11.4 Å². The highest BCUT2D eigenvalue weighted by Crippen LogP contribution is 2.30. The number of fused-ring (bicyclic) bond motifs is 1. The van der Waals surface area contributed by atoms with Gasteiger partial charge in [-0.2, -0.15) is 5.26 Å². The summed E-state index contributed by atoms with van der Waals surface area (Å²) in [5.74, 6) is 0.431. The minimum atomic E-state index is -0.569. The molecule has 7 nitrogen and oxygen atoms in total. The first kappa shape index (κ1) is 17.8. The summed E-state index contributed by atoms with van der Waals surface area (Å²) in [5, 5.41) is 14.1. The fraction of sp³-hybridized carbons (Fsp3) is 0.118. The van der Waals surface area contributed by atoms with E-state index in [1.165, 1.54) is 31.6 Å². The van der Waals surface area contributed by atoms with Crippen LogP contribution in [-0.2, 0) is 4.79 Å². The number of amides is 1. The summed E-state index contributed by atoms with van der Waals surface area (Å²) in [5.41, 5.74) is 0.838. The lowest BCUT2D eigenvalue weighted by Crippen LogP contribution is -2.13. The number of hydrogen-bond acceptors (Lipinski definition) is 6. The smallest absolute Gasteiger partial charge is 0.266 e. The van der Waals surface area contributed by atoms with Crippen LogP contribution in [0.2, 0.25) is 5.15 Å². The number of carbonyl (C=O) groups excluding carboxylic acids is 1. The van der Waals surface area contributed by atoms with Crippen molar-refractivity contribution >= 4 is 45.6 Å². The number of anilines is 1. The molecule has 0 saturated heterocycles. The molecule has 0 radical (unpaired) electrons. The van der Waals surface area contributed by atoms with Gasteiger partial charge in [0.2, 0.25) is 0 Å². The van der Waals surface area contributed by atoms with Gasteiger partial charge in [0.15, 0.2) is 21.6 Å². The van der Waals surface area contributed by atoms with Crippen molar-refractivity contribution in [3.8, 4) is 17.6 Å². The SMILES string of the molecule is COc1ccc(NC(=O)/C(C#N)=C/c2c(Cl)nc3sccn23)cc1OC. The molecule has 2 aromatic heterocycles. The van der Waals surface area contributed by atoms with Crippen LogP contribution in [0.5, 0.6) is 11.5 Å². The first-order valence-corrected chi connectivity index (χ1v) is 8.59. The van der Waals surface area contributed by atoms with E-state index in [0.29, 0.717) is 27.8 Å². The molecule has 1 N–H and O–H groups in total. The van der Waals surface area contributed by atoms with Gasteiger partial charge in [0.05, 0.1) is 19.9 Å². The molecule has 0 unspecified atom stereocenters. The van der Waals surface area contributed by atoms with Gasteiger partial charge in [0.1, 0.15) is 11.6 Å². The first-order chi connectivity index (χ1) is 12.6. The third kappa shape index (κ3) is 3.35. The van der Waals surface area contributed by atoms with E-state index in [4.69, 9.17) is 21.1 Å². The number of hydrogen-bond donors (Lipinski definition) is 1. The van der Waals surface area contributed by atoms with Crippen LogP contribution in [0.1, 0.15) is 5.69 Å². The standard InChI is InChI=1S/C17H13ClN4O3S/c1-24-13-4-3-11(8-14(13)25-2)20-16(23)10(9-19)7-12-15(18)21-17-22(12)5-6-26-17/h3-8H,1-2H3,(H,20,23)/b10-7+. The largest absolute Gasteiger partial charge is 0.493 e. The monoisotopic (exact) mass is 388 g/mol. The lowest BCUT2D eigenvalue weighted by molar-refractivity contribution is -0.112. The molecule has 0 aliphatic rings. The molecule has 0 aliphatic heterocycles. The van der Waals surface area contributed by atoms with Crippen molar-refractivity contribution < 1.29 is 14.3 Å². The van der Waals surface area contributed by atoms with Gasteiger partial charge >= 0.3 is 0 Å². The minimum Gasteiger partial charge on any atom is -0.493 e. The molecular weight excluding hydrogens is 376 g/mol. The highest BCUT2D eigenvalue weighted by molar-refractivity contribution is 7.15. The van der Waals surface area contributed by atoms with Crippen LogP contribution >= 0.6 is 22.9 Å². The number of nitrogens with zero attached hydrogens (tertiary/aromatic N) is 3. The van der Waals surface area contributed by atoms with Crippen molar-refractivity contribution in [2.24, 2.45) is 0 Å². The molecule has 0 bridgehead atoms. The van der Waals surface area contributed by atoms with E-state index in [-0.39, 0.29) is 10.7 Å². The maximum absolute atomic E-state index is 12.5. The number of methoxy groups -OCH3 is 2. The number of aromatic nitrogens is 2. The van der Waals surface area contributed by atoms with Crippen LogP contribution in [0.3, 0.4) is 0 Å². The number of carbonyl (C=O) groups is 1. The van der Waals surface area contributed by atoms with Crippen LogP contribution in [-0.4, -0.2) is 29.5 Å². The number of nitrogens with one attached hydrogen (secondary N) is 1. The maximum atomic E-state index is 12.5. The molecule has 3 rings (SSSR count). The van der Waals surface area contributed by atoms with Gasteiger partial charge in [0, 0.05) is 23.3 Å². The first-order valence-electron chi connectivity index (χ1n) is 7.33. The van der Waals surface area contributed by atoms with Gasteiger partial charge in [-0.25, -0.2) is 4.98 Å². The van der Waals surface area contributed by atoms with Gasteiger partial charge in [0.25, 0.3) is 5.91 Å². The number of imidazole rings is 1. The van der Waals surface area contributed by atoms with Crippen LogP contribution in [0.15, 0.2) is 35.3 Å². The second kappa shape index (κ2) is 7.47. The molecule has 3 aromatic rings. The molecule has 132 valence electrons. The van der Waals surface area contributed by atoms with Crippen LogP contribution in [0.25, 0.3) is 11.0 Å². The summed E-state index contributed by atoms with van der Waals surface area (Å²) in [7, 11) is 3.02. The van der Waals surface area contributed by atoms with Crippen molar-refractivity contribution in [1.82, 2.24) is 9.38 Å². The Labute approximate surface area is 158 Å². The van der Waals surface area contributed by atoms with E-state index in [1.54, 1.807) is 28.8 Å². The quantitative estimate of drug-likeness (QED) is 0.532. The number of benzene rings is 1. The molecule has 2 heterocycles. The maximum Gasteiger partial charge on any atom is 0.266 e. The van der Waals surface area contributed by atoms with Crippen LogP contribution < -0.4 is 14.8 Å². The van der Waals surface area contributed by atoms with Gasteiger partial charge in [-0.05, 0) is 18.2 Å². The Hall–Kier alpha value is -3.02. The number of ether oxygens (including phenoxy) is 2. The third-order valence-corrected chi connectivity index (χ3v) is 4.58. The van der Waals surface area contributed by atoms with E-state index >= 15 is 0 Å². The van der Waals surface area contributed by atoms with Gasteiger partial charge in [-0.15, -0.1) is 11.3 Å². The summed E-state index contributed by atoms with van der Waals surface area (Å²) in [6.07, 6.45) is 3.18. The zero-order valence-corrected chi connectivity index (χ0v) is 15.4. The molecule has 1 amide bonds. The molecule has 26 heavy (non-hydrogen) atoms. The van der Waals surface area contributed by atoms with Crippen LogP contribution in [0.4, 0.5) is 5.69 Å². The summed E-state index contributed by atoms with van der Waals surface area (Å²) in [6.45, 7) is 0. The highest BCUT2D eigenvalue weighted by Gasteiger charge is 2.15. The zero-order valence-electron chi connectivity index (χ0n) is 13.8. The molecule has 0 spiro atoms. The van der Waals surface area contributed by atoms with Crippen LogP contribution in [0, 0.1) is 11.3 Å². The zero-order chi connectivity index (χ0) is 18.7. The average molecular weight is 389 g/mol. The molecule has 0 aliphatic carbocycles. The Morgan fingerprint density at radius 1 is 1.38 bits per heavy atom. The second-order valence-electron chi connectivity index (χ2n) is 5.04. The molecule has 1 aromatic carbocycles. The number of nitriles is 1. The molecule has 0 fully saturated rings. The lowest BCUT2D eigenvalue weighted by atomic mass is 10.2. The van der Waals surface area contributed by atoms with Crippen molar-refractivity contribution in [1.29, 1.82) is 5.26 Å². The van der Waals surface area contributed by atoms with Crippen molar-refractivity contribution in [3.05, 3.63) is 46.2 Å². The van der Waals surface area contributed by atoms with Gasteiger partial charge in [-0.1, -0.05) is 11.6 Å². The van der Waals surface area contributed by atoms with E-state index in [2.05, 4.69) is 10.3 Å². The van der Waals surface area contributed by atoms with Crippen molar-refractivity contribution in [2.45, 2.75) is 0 Å².